The molecular weight excluding hydrogens is 358 g/mol. The van der Waals surface area contributed by atoms with Crippen molar-refractivity contribution >= 4 is 45.1 Å². The number of halogens is 1. The molecule has 0 aliphatic rings. The van der Waals surface area contributed by atoms with Crippen molar-refractivity contribution in [1.82, 2.24) is 5.43 Å². The third kappa shape index (κ3) is 4.47. The number of thiophene rings is 1. The summed E-state index contributed by atoms with van der Waals surface area (Å²) in [6, 6.07) is 9.87. The average Bonchev–Trinajstić information content (AvgIpc) is 2.85. The van der Waals surface area contributed by atoms with Gasteiger partial charge < -0.3 is 0 Å². The number of hydrogen-bond donors (Lipinski definition) is 1. The molecule has 6 nitrogen and oxygen atoms in total. The Morgan fingerprint density at radius 1 is 1.38 bits per heavy atom. The van der Waals surface area contributed by atoms with E-state index in [1.165, 1.54) is 23.6 Å². The van der Waals surface area contributed by atoms with Gasteiger partial charge >= 0.3 is 0 Å². The highest BCUT2D eigenvalue weighted by molar-refractivity contribution is 9.11. The molecule has 1 aromatic heterocycles. The van der Waals surface area contributed by atoms with Crippen molar-refractivity contribution < 1.29 is 9.72 Å². The summed E-state index contributed by atoms with van der Waals surface area (Å²) >= 11 is 4.80. The Morgan fingerprint density at radius 3 is 2.81 bits per heavy atom. The fraction of sp³-hybridized carbons (Fsp3) is 0.0769. The van der Waals surface area contributed by atoms with E-state index in [1.54, 1.807) is 18.2 Å². The summed E-state index contributed by atoms with van der Waals surface area (Å²) < 4.78 is 0.968. The number of benzene rings is 1. The van der Waals surface area contributed by atoms with E-state index in [0.29, 0.717) is 5.56 Å². The lowest BCUT2D eigenvalue weighted by atomic mass is 10.1. The average molecular weight is 368 g/mol. The summed E-state index contributed by atoms with van der Waals surface area (Å²) in [5.41, 5.74) is 2.64. The van der Waals surface area contributed by atoms with Crippen LogP contribution in [0, 0.1) is 10.1 Å². The number of hydrazone groups is 1. The largest absolute Gasteiger partial charge is 0.273 e. The first-order valence-corrected chi connectivity index (χ1v) is 7.47. The molecule has 0 fully saturated rings. The lowest BCUT2D eigenvalue weighted by molar-refractivity contribution is -0.385. The van der Waals surface area contributed by atoms with Crippen LogP contribution < -0.4 is 5.43 Å². The van der Waals surface area contributed by atoms with Crippen molar-refractivity contribution in [2.75, 3.05) is 0 Å². The molecule has 0 unspecified atom stereocenters. The van der Waals surface area contributed by atoms with Crippen LogP contribution in [-0.4, -0.2) is 17.0 Å². The van der Waals surface area contributed by atoms with E-state index in [2.05, 4.69) is 26.5 Å². The summed E-state index contributed by atoms with van der Waals surface area (Å²) in [6.45, 7) is 0. The standard InChI is InChI=1S/C13H10BrN3O3S/c14-12-6-5-10(21-12)8-15-16-13(18)7-9-3-1-2-4-11(9)17(19)20/h1-6,8H,7H2,(H,16,18). The number of nitro benzene ring substituents is 1. The van der Waals surface area contributed by atoms with Gasteiger partial charge in [0.2, 0.25) is 5.91 Å². The Morgan fingerprint density at radius 2 is 2.14 bits per heavy atom. The van der Waals surface area contributed by atoms with Crippen molar-refractivity contribution in [3.63, 3.8) is 0 Å². The lowest BCUT2D eigenvalue weighted by Crippen LogP contribution is -2.20. The zero-order valence-electron chi connectivity index (χ0n) is 10.7. The van der Waals surface area contributed by atoms with Crippen LogP contribution in [0.2, 0.25) is 0 Å². The lowest BCUT2D eigenvalue weighted by Gasteiger charge is -2.01. The molecule has 1 N–H and O–H groups in total. The molecule has 21 heavy (non-hydrogen) atoms. The Bertz CT molecular complexity index is 699. The van der Waals surface area contributed by atoms with Gasteiger partial charge in [0.05, 0.1) is 21.3 Å². The van der Waals surface area contributed by atoms with E-state index in [0.717, 1.165) is 8.66 Å². The topological polar surface area (TPSA) is 84.6 Å². The molecule has 0 radical (unpaired) electrons. The molecule has 0 saturated heterocycles. The van der Waals surface area contributed by atoms with Gasteiger partial charge in [-0.25, -0.2) is 5.43 Å². The molecule has 1 amide bonds. The van der Waals surface area contributed by atoms with E-state index in [4.69, 9.17) is 0 Å². The van der Waals surface area contributed by atoms with Crippen molar-refractivity contribution in [1.29, 1.82) is 0 Å². The number of amides is 1. The fourth-order valence-electron chi connectivity index (χ4n) is 1.62. The van der Waals surface area contributed by atoms with Crippen molar-refractivity contribution in [3.05, 3.63) is 60.7 Å². The predicted octanol–water partition coefficient (Wildman–Crippen LogP) is 3.11. The minimum atomic E-state index is -0.505. The van der Waals surface area contributed by atoms with Crippen molar-refractivity contribution in [2.45, 2.75) is 6.42 Å². The highest BCUT2D eigenvalue weighted by atomic mass is 79.9. The van der Waals surface area contributed by atoms with Gasteiger partial charge in [-0.15, -0.1) is 11.3 Å². The number of rotatable bonds is 5. The van der Waals surface area contributed by atoms with Crippen LogP contribution in [0.5, 0.6) is 0 Å². The highest BCUT2D eigenvalue weighted by Crippen LogP contribution is 2.20. The first-order valence-electron chi connectivity index (χ1n) is 5.86. The minimum absolute atomic E-state index is 0.0705. The van der Waals surface area contributed by atoms with Gasteiger partial charge in [-0.2, -0.15) is 5.10 Å². The third-order valence-electron chi connectivity index (χ3n) is 2.51. The molecule has 8 heteroatoms. The van der Waals surface area contributed by atoms with E-state index in [1.807, 2.05) is 12.1 Å². The number of para-hydroxylation sites is 1. The van der Waals surface area contributed by atoms with Gasteiger partial charge in [-0.05, 0) is 28.1 Å². The molecule has 0 spiro atoms. The molecule has 2 rings (SSSR count). The van der Waals surface area contributed by atoms with Gasteiger partial charge in [0.1, 0.15) is 0 Å². The Kier molecular flexibility index (Phi) is 5.18. The molecule has 0 bridgehead atoms. The minimum Gasteiger partial charge on any atom is -0.273 e. The quantitative estimate of drug-likeness (QED) is 0.500. The SMILES string of the molecule is O=C(Cc1ccccc1[N+](=O)[O-])NN=Cc1ccc(Br)s1. The molecule has 1 heterocycles. The number of carbonyl (C=O) groups is 1. The summed E-state index contributed by atoms with van der Waals surface area (Å²) in [4.78, 5) is 23.0. The number of nitrogens with one attached hydrogen (secondary N) is 1. The zero-order chi connectivity index (χ0) is 15.2. The first-order chi connectivity index (χ1) is 10.1. The van der Waals surface area contributed by atoms with Crippen LogP contribution in [0.1, 0.15) is 10.4 Å². The van der Waals surface area contributed by atoms with E-state index in [-0.39, 0.29) is 12.1 Å². The Balaban J connectivity index is 1.96. The number of carbonyl (C=O) groups excluding carboxylic acids is 1. The van der Waals surface area contributed by atoms with Gasteiger partial charge in [0.15, 0.2) is 0 Å². The molecular formula is C13H10BrN3O3S. The van der Waals surface area contributed by atoms with E-state index >= 15 is 0 Å². The maximum atomic E-state index is 11.7. The molecule has 0 aliphatic heterocycles. The second kappa shape index (κ2) is 7.09. The number of nitrogens with zero attached hydrogens (tertiary/aromatic N) is 2. The van der Waals surface area contributed by atoms with Crippen LogP contribution in [0.4, 0.5) is 5.69 Å². The van der Waals surface area contributed by atoms with Crippen LogP contribution in [0.25, 0.3) is 0 Å². The molecule has 2 aromatic rings. The van der Waals surface area contributed by atoms with Gasteiger partial charge in [-0.1, -0.05) is 18.2 Å². The van der Waals surface area contributed by atoms with Crippen molar-refractivity contribution in [3.8, 4) is 0 Å². The summed E-state index contributed by atoms with van der Waals surface area (Å²) in [5, 5.41) is 14.7. The van der Waals surface area contributed by atoms with Crippen LogP contribution in [0.3, 0.4) is 0 Å². The fourth-order valence-corrected chi connectivity index (χ4v) is 2.91. The van der Waals surface area contributed by atoms with Crippen LogP contribution in [-0.2, 0) is 11.2 Å². The van der Waals surface area contributed by atoms with E-state index in [9.17, 15) is 14.9 Å². The molecule has 0 saturated carbocycles. The Hall–Kier alpha value is -2.06. The van der Waals surface area contributed by atoms with Gasteiger partial charge in [-0.3, -0.25) is 14.9 Å². The Labute approximate surface area is 132 Å². The number of nitro groups is 1. The van der Waals surface area contributed by atoms with Gasteiger partial charge in [0.25, 0.3) is 5.69 Å². The number of hydrogen-bond acceptors (Lipinski definition) is 5. The highest BCUT2D eigenvalue weighted by Gasteiger charge is 2.14. The second-order valence-electron chi connectivity index (χ2n) is 4.00. The van der Waals surface area contributed by atoms with E-state index < -0.39 is 10.8 Å². The maximum Gasteiger partial charge on any atom is 0.273 e. The van der Waals surface area contributed by atoms with Gasteiger partial charge in [0, 0.05) is 16.5 Å². The maximum absolute atomic E-state index is 11.7. The smallest absolute Gasteiger partial charge is 0.273 e. The third-order valence-corrected chi connectivity index (χ3v) is 4.07. The summed E-state index contributed by atoms with van der Waals surface area (Å²) in [6.07, 6.45) is 1.43. The van der Waals surface area contributed by atoms with Crippen LogP contribution >= 0.6 is 27.3 Å². The molecule has 108 valence electrons. The molecule has 1 aromatic carbocycles. The van der Waals surface area contributed by atoms with Crippen LogP contribution in [0.15, 0.2) is 45.3 Å². The monoisotopic (exact) mass is 367 g/mol. The zero-order valence-corrected chi connectivity index (χ0v) is 13.1. The second-order valence-corrected chi connectivity index (χ2v) is 6.49. The summed E-state index contributed by atoms with van der Waals surface area (Å²) in [7, 11) is 0. The first kappa shape index (κ1) is 15.3. The summed E-state index contributed by atoms with van der Waals surface area (Å²) in [5.74, 6) is -0.406. The molecule has 0 aliphatic carbocycles. The molecule has 0 atom stereocenters. The normalized spacial score (nSPS) is 10.7. The predicted molar refractivity (Wildman–Crippen MR) is 84.6 cm³/mol. The van der Waals surface area contributed by atoms with Crippen molar-refractivity contribution in [2.24, 2.45) is 5.10 Å².